The second-order valence-electron chi connectivity index (χ2n) is 4.81. The number of ether oxygens (including phenoxy) is 2. The highest BCUT2D eigenvalue weighted by atomic mass is 19.1. The molecule has 3 nitrogen and oxygen atoms in total. The maximum Gasteiger partial charge on any atom is 0.126 e. The normalized spacial score (nSPS) is 17.7. The summed E-state index contributed by atoms with van der Waals surface area (Å²) in [5.41, 5.74) is 2.01. The van der Waals surface area contributed by atoms with Crippen LogP contribution >= 0.6 is 0 Å². The Balaban J connectivity index is 1.67. The molecule has 1 aromatic rings. The van der Waals surface area contributed by atoms with E-state index in [1.807, 2.05) is 6.07 Å². The van der Waals surface area contributed by atoms with Crippen molar-refractivity contribution in [2.45, 2.75) is 25.3 Å². The third-order valence-electron chi connectivity index (χ3n) is 3.50. The summed E-state index contributed by atoms with van der Waals surface area (Å²) < 4.78 is 23.9. The number of fused-ring (bicyclic) bond motifs is 1. The number of benzene rings is 1. The van der Waals surface area contributed by atoms with E-state index in [0.717, 1.165) is 43.5 Å². The largest absolute Gasteiger partial charge is 0.382 e. The Bertz CT molecular complexity index is 398. The quantitative estimate of drug-likeness (QED) is 0.734. The molecule has 0 saturated carbocycles. The molecule has 0 saturated heterocycles. The fourth-order valence-corrected chi connectivity index (χ4v) is 2.52. The Labute approximate surface area is 114 Å². The lowest BCUT2D eigenvalue weighted by molar-refractivity contribution is 0.0692. The lowest BCUT2D eigenvalue weighted by atomic mass is 10.1. The first-order valence-corrected chi connectivity index (χ1v) is 6.90. The van der Waals surface area contributed by atoms with E-state index in [1.54, 1.807) is 19.2 Å². The second kappa shape index (κ2) is 7.58. The van der Waals surface area contributed by atoms with Gasteiger partial charge in [0.1, 0.15) is 5.82 Å². The molecular formula is C15H22FNO2. The highest BCUT2D eigenvalue weighted by Gasteiger charge is 2.23. The van der Waals surface area contributed by atoms with Gasteiger partial charge in [-0.15, -0.1) is 0 Å². The van der Waals surface area contributed by atoms with E-state index >= 15 is 0 Å². The molecule has 0 fully saturated rings. The fourth-order valence-electron chi connectivity index (χ4n) is 2.52. The van der Waals surface area contributed by atoms with E-state index in [4.69, 9.17) is 9.47 Å². The van der Waals surface area contributed by atoms with Crippen molar-refractivity contribution in [2.24, 2.45) is 0 Å². The highest BCUT2D eigenvalue weighted by Crippen LogP contribution is 2.32. The minimum absolute atomic E-state index is 0.0651. The maximum absolute atomic E-state index is 13.6. The molecule has 0 aromatic heterocycles. The van der Waals surface area contributed by atoms with Gasteiger partial charge in [-0.2, -0.15) is 0 Å². The Morgan fingerprint density at radius 2 is 2.21 bits per heavy atom. The highest BCUT2D eigenvalue weighted by molar-refractivity contribution is 5.35. The molecule has 4 heteroatoms. The van der Waals surface area contributed by atoms with Gasteiger partial charge < -0.3 is 14.8 Å². The molecule has 0 radical (unpaired) electrons. The SMILES string of the molecule is COCCOCCCNC1CCc2c(F)cccc21. The molecule has 1 aromatic carbocycles. The molecular weight excluding hydrogens is 245 g/mol. The third kappa shape index (κ3) is 4.00. The standard InChI is InChI=1S/C15H22FNO2/c1-18-10-11-19-9-3-8-17-15-7-6-12-13(15)4-2-5-14(12)16/h2,4-5,15,17H,3,6-11H2,1H3. The minimum atomic E-state index is -0.0651. The number of rotatable bonds is 8. The van der Waals surface area contributed by atoms with Gasteiger partial charge in [0, 0.05) is 19.8 Å². The predicted octanol–water partition coefficient (Wildman–Crippen LogP) is 2.46. The van der Waals surface area contributed by atoms with Gasteiger partial charge in [0.05, 0.1) is 13.2 Å². The van der Waals surface area contributed by atoms with Crippen LogP contribution in [-0.4, -0.2) is 33.5 Å². The first kappa shape index (κ1) is 14.4. The zero-order valence-corrected chi connectivity index (χ0v) is 11.5. The van der Waals surface area contributed by atoms with Crippen LogP contribution in [0, 0.1) is 5.82 Å². The zero-order chi connectivity index (χ0) is 13.5. The maximum atomic E-state index is 13.6. The number of nitrogens with one attached hydrogen (secondary N) is 1. The lowest BCUT2D eigenvalue weighted by Gasteiger charge is -2.14. The summed E-state index contributed by atoms with van der Waals surface area (Å²) in [4.78, 5) is 0. The summed E-state index contributed by atoms with van der Waals surface area (Å²) in [6.45, 7) is 2.92. The summed E-state index contributed by atoms with van der Waals surface area (Å²) in [6.07, 6.45) is 2.79. The fraction of sp³-hybridized carbons (Fsp3) is 0.600. The summed E-state index contributed by atoms with van der Waals surface area (Å²) in [5.74, 6) is -0.0651. The Morgan fingerprint density at radius 3 is 3.05 bits per heavy atom. The number of methoxy groups -OCH3 is 1. The molecule has 0 amide bonds. The molecule has 1 N–H and O–H groups in total. The Hall–Kier alpha value is -0.970. The predicted molar refractivity (Wildman–Crippen MR) is 72.8 cm³/mol. The minimum Gasteiger partial charge on any atom is -0.382 e. The van der Waals surface area contributed by atoms with Crippen LogP contribution in [0.2, 0.25) is 0 Å². The molecule has 0 bridgehead atoms. The molecule has 1 atom stereocenters. The van der Waals surface area contributed by atoms with E-state index in [1.165, 1.54) is 0 Å². The number of halogens is 1. The summed E-state index contributed by atoms with van der Waals surface area (Å²) in [6, 6.07) is 5.66. The van der Waals surface area contributed by atoms with E-state index in [2.05, 4.69) is 5.32 Å². The third-order valence-corrected chi connectivity index (χ3v) is 3.50. The van der Waals surface area contributed by atoms with Gasteiger partial charge in [-0.1, -0.05) is 12.1 Å². The topological polar surface area (TPSA) is 30.5 Å². The molecule has 106 valence electrons. The van der Waals surface area contributed by atoms with E-state index < -0.39 is 0 Å². The Kier molecular flexibility index (Phi) is 5.76. The summed E-state index contributed by atoms with van der Waals surface area (Å²) >= 11 is 0. The van der Waals surface area contributed by atoms with Crippen LogP contribution in [0.25, 0.3) is 0 Å². The van der Waals surface area contributed by atoms with Gasteiger partial charge in [-0.3, -0.25) is 0 Å². The monoisotopic (exact) mass is 267 g/mol. The average Bonchev–Trinajstić information content (AvgIpc) is 2.83. The van der Waals surface area contributed by atoms with Crippen LogP contribution < -0.4 is 5.32 Å². The summed E-state index contributed by atoms with van der Waals surface area (Å²) in [5, 5.41) is 3.48. The van der Waals surface area contributed by atoms with Gasteiger partial charge >= 0.3 is 0 Å². The van der Waals surface area contributed by atoms with Crippen LogP contribution in [0.5, 0.6) is 0 Å². The zero-order valence-electron chi connectivity index (χ0n) is 11.5. The van der Waals surface area contributed by atoms with Gasteiger partial charge in [0.25, 0.3) is 0 Å². The van der Waals surface area contributed by atoms with Crippen LogP contribution in [0.1, 0.15) is 30.0 Å². The smallest absolute Gasteiger partial charge is 0.126 e. The molecule has 1 unspecified atom stereocenters. The molecule has 0 heterocycles. The van der Waals surface area contributed by atoms with Gasteiger partial charge in [0.15, 0.2) is 0 Å². The van der Waals surface area contributed by atoms with Crippen LogP contribution in [-0.2, 0) is 15.9 Å². The second-order valence-corrected chi connectivity index (χ2v) is 4.81. The molecule has 19 heavy (non-hydrogen) atoms. The van der Waals surface area contributed by atoms with Gasteiger partial charge in [0.2, 0.25) is 0 Å². The van der Waals surface area contributed by atoms with E-state index in [-0.39, 0.29) is 5.82 Å². The van der Waals surface area contributed by atoms with Crippen LogP contribution in [0.15, 0.2) is 18.2 Å². The van der Waals surface area contributed by atoms with Crippen molar-refractivity contribution in [3.63, 3.8) is 0 Å². The van der Waals surface area contributed by atoms with Crippen molar-refractivity contribution in [3.8, 4) is 0 Å². The van der Waals surface area contributed by atoms with Crippen LogP contribution in [0.4, 0.5) is 4.39 Å². The van der Waals surface area contributed by atoms with Crippen molar-refractivity contribution >= 4 is 0 Å². The van der Waals surface area contributed by atoms with Crippen molar-refractivity contribution in [1.82, 2.24) is 5.32 Å². The van der Waals surface area contributed by atoms with Crippen molar-refractivity contribution < 1.29 is 13.9 Å². The first-order valence-electron chi connectivity index (χ1n) is 6.90. The van der Waals surface area contributed by atoms with Crippen molar-refractivity contribution in [3.05, 3.63) is 35.1 Å². The first-order chi connectivity index (χ1) is 9.33. The molecule has 1 aliphatic carbocycles. The average molecular weight is 267 g/mol. The van der Waals surface area contributed by atoms with E-state index in [9.17, 15) is 4.39 Å². The molecule has 0 spiro atoms. The van der Waals surface area contributed by atoms with Crippen molar-refractivity contribution in [1.29, 1.82) is 0 Å². The van der Waals surface area contributed by atoms with Gasteiger partial charge in [-0.25, -0.2) is 4.39 Å². The van der Waals surface area contributed by atoms with E-state index in [0.29, 0.717) is 19.3 Å². The molecule has 0 aliphatic heterocycles. The number of hydrogen-bond donors (Lipinski definition) is 1. The molecule has 1 aliphatic rings. The number of hydrogen-bond acceptors (Lipinski definition) is 3. The Morgan fingerprint density at radius 1 is 1.32 bits per heavy atom. The van der Waals surface area contributed by atoms with Crippen LogP contribution in [0.3, 0.4) is 0 Å². The van der Waals surface area contributed by atoms with Gasteiger partial charge in [-0.05, 0) is 43.0 Å². The summed E-state index contributed by atoms with van der Waals surface area (Å²) in [7, 11) is 1.67. The molecule has 2 rings (SSSR count). The lowest BCUT2D eigenvalue weighted by Crippen LogP contribution is -2.21. The van der Waals surface area contributed by atoms with Crippen molar-refractivity contribution in [2.75, 3.05) is 33.5 Å².